The Morgan fingerprint density at radius 3 is 2.69 bits per heavy atom. The molecule has 3 aromatic rings. The summed E-state index contributed by atoms with van der Waals surface area (Å²) in [4.78, 5) is 15.9. The van der Waals surface area contributed by atoms with Crippen LogP contribution >= 0.6 is 0 Å². The third kappa shape index (κ3) is 3.57. The lowest BCUT2D eigenvalue weighted by Gasteiger charge is -2.25. The average molecular weight is 360 g/mol. The Bertz CT molecular complexity index is 923. The molecule has 0 amide bonds. The van der Waals surface area contributed by atoms with Crippen LogP contribution in [-0.2, 0) is 0 Å². The third-order valence-corrected chi connectivity index (χ3v) is 4.45. The van der Waals surface area contributed by atoms with Crippen LogP contribution in [0.15, 0.2) is 24.4 Å². The number of aliphatic hydroxyl groups is 1. The number of aliphatic hydroxyl groups excluding tert-OH is 1. The average Bonchev–Trinajstić information content (AvgIpc) is 3.01. The predicted molar refractivity (Wildman–Crippen MR) is 93.2 cm³/mol. The highest BCUT2D eigenvalue weighted by Gasteiger charge is 2.20. The van der Waals surface area contributed by atoms with Crippen LogP contribution in [-0.4, -0.2) is 37.2 Å². The first-order chi connectivity index (χ1) is 12.6. The summed E-state index contributed by atoms with van der Waals surface area (Å²) in [5, 5.41) is 15.6. The summed E-state index contributed by atoms with van der Waals surface area (Å²) in [6.07, 6.45) is 4.61. The van der Waals surface area contributed by atoms with Crippen molar-refractivity contribution in [1.82, 2.24) is 19.9 Å². The van der Waals surface area contributed by atoms with Crippen LogP contribution in [0.4, 0.5) is 26.4 Å². The van der Waals surface area contributed by atoms with Gasteiger partial charge in [-0.2, -0.15) is 4.98 Å². The second-order valence-electron chi connectivity index (χ2n) is 6.41. The number of imidazole rings is 1. The molecule has 1 saturated carbocycles. The van der Waals surface area contributed by atoms with E-state index in [0.717, 1.165) is 37.8 Å². The van der Waals surface area contributed by atoms with E-state index in [1.165, 1.54) is 6.07 Å². The van der Waals surface area contributed by atoms with Gasteiger partial charge in [-0.05, 0) is 37.8 Å². The van der Waals surface area contributed by atoms with Gasteiger partial charge in [-0.15, -0.1) is 0 Å². The molecule has 136 valence electrons. The highest BCUT2D eigenvalue weighted by atomic mass is 19.1. The van der Waals surface area contributed by atoms with Crippen LogP contribution in [0.2, 0.25) is 0 Å². The number of aromatic amines is 1. The van der Waals surface area contributed by atoms with E-state index in [-0.39, 0.29) is 23.8 Å². The van der Waals surface area contributed by atoms with Crippen LogP contribution < -0.4 is 10.6 Å². The molecule has 0 aliphatic heterocycles. The Hall–Kier alpha value is -2.81. The van der Waals surface area contributed by atoms with Crippen molar-refractivity contribution in [2.75, 3.05) is 10.6 Å². The van der Waals surface area contributed by atoms with Gasteiger partial charge in [-0.1, -0.05) is 0 Å². The number of nitrogens with one attached hydrogen (secondary N) is 3. The molecule has 26 heavy (non-hydrogen) atoms. The number of anilines is 3. The fraction of sp³-hybridized carbons (Fsp3) is 0.353. The first kappa shape index (κ1) is 16.6. The lowest BCUT2D eigenvalue weighted by molar-refractivity contribution is 0.126. The fourth-order valence-corrected chi connectivity index (χ4v) is 3.06. The van der Waals surface area contributed by atoms with Crippen LogP contribution in [0, 0.1) is 11.6 Å². The van der Waals surface area contributed by atoms with Crippen molar-refractivity contribution in [3.8, 4) is 0 Å². The molecule has 1 fully saturated rings. The molecule has 2 heterocycles. The molecule has 4 rings (SSSR count). The normalized spacial score (nSPS) is 20.3. The van der Waals surface area contributed by atoms with Gasteiger partial charge >= 0.3 is 0 Å². The molecule has 0 bridgehead atoms. The van der Waals surface area contributed by atoms with Crippen LogP contribution in [0.25, 0.3) is 11.2 Å². The number of hydrogen-bond acceptors (Lipinski definition) is 6. The van der Waals surface area contributed by atoms with Gasteiger partial charge in [-0.25, -0.2) is 18.7 Å². The Kier molecular flexibility index (Phi) is 4.37. The quantitative estimate of drug-likeness (QED) is 0.571. The summed E-state index contributed by atoms with van der Waals surface area (Å²) in [6.45, 7) is 0. The zero-order valence-electron chi connectivity index (χ0n) is 13.8. The van der Waals surface area contributed by atoms with E-state index >= 15 is 0 Å². The monoisotopic (exact) mass is 360 g/mol. The summed E-state index contributed by atoms with van der Waals surface area (Å²) in [6, 6.07) is 3.49. The van der Waals surface area contributed by atoms with Crippen molar-refractivity contribution in [3.63, 3.8) is 0 Å². The zero-order chi connectivity index (χ0) is 18.1. The van der Waals surface area contributed by atoms with Gasteiger partial charge in [0.1, 0.15) is 17.2 Å². The topological polar surface area (TPSA) is 98.7 Å². The summed E-state index contributed by atoms with van der Waals surface area (Å²) in [5.41, 5.74) is 1.14. The molecule has 9 heteroatoms. The molecule has 1 aliphatic rings. The van der Waals surface area contributed by atoms with E-state index in [1.807, 2.05) is 0 Å². The standard InChI is InChI=1S/C17H18F2N6O/c18-9-1-6-13(12(19)7-9)22-17-23-14-8-20-16(24-15(14)25-17)21-10-2-4-11(26)5-3-10/h1,6-8,10-11,26H,2-5H2,(H3,20,21,22,23,24,25)/t10-,11-. The largest absolute Gasteiger partial charge is 0.393 e. The molecule has 1 aromatic carbocycles. The maximum atomic E-state index is 13.7. The van der Waals surface area contributed by atoms with E-state index in [9.17, 15) is 13.9 Å². The lowest BCUT2D eigenvalue weighted by atomic mass is 9.93. The van der Waals surface area contributed by atoms with Gasteiger partial charge in [-0.3, -0.25) is 0 Å². The molecule has 1 aliphatic carbocycles. The molecule has 0 atom stereocenters. The van der Waals surface area contributed by atoms with Gasteiger partial charge in [0.2, 0.25) is 11.9 Å². The smallest absolute Gasteiger partial charge is 0.224 e. The van der Waals surface area contributed by atoms with E-state index in [4.69, 9.17) is 0 Å². The molecule has 2 aromatic heterocycles. The van der Waals surface area contributed by atoms with Crippen molar-refractivity contribution in [3.05, 3.63) is 36.0 Å². The molecular weight excluding hydrogens is 342 g/mol. The minimum Gasteiger partial charge on any atom is -0.393 e. The first-order valence-corrected chi connectivity index (χ1v) is 8.46. The first-order valence-electron chi connectivity index (χ1n) is 8.46. The highest BCUT2D eigenvalue weighted by molar-refractivity contribution is 5.74. The zero-order valence-corrected chi connectivity index (χ0v) is 13.8. The highest BCUT2D eigenvalue weighted by Crippen LogP contribution is 2.23. The number of hydrogen-bond donors (Lipinski definition) is 4. The molecular formula is C17H18F2N6O. The van der Waals surface area contributed by atoms with Gasteiger partial charge in [0.15, 0.2) is 5.65 Å². The number of nitrogens with zero attached hydrogens (tertiary/aromatic N) is 3. The fourth-order valence-electron chi connectivity index (χ4n) is 3.06. The summed E-state index contributed by atoms with van der Waals surface area (Å²) in [5.74, 6) is -0.590. The Labute approximate surface area is 147 Å². The number of H-pyrrole nitrogens is 1. The number of benzene rings is 1. The van der Waals surface area contributed by atoms with Crippen molar-refractivity contribution in [2.24, 2.45) is 0 Å². The Balaban J connectivity index is 1.50. The van der Waals surface area contributed by atoms with Gasteiger partial charge in [0.25, 0.3) is 0 Å². The van der Waals surface area contributed by atoms with E-state index < -0.39 is 11.6 Å². The van der Waals surface area contributed by atoms with E-state index in [1.54, 1.807) is 6.20 Å². The number of fused-ring (bicyclic) bond motifs is 1. The lowest BCUT2D eigenvalue weighted by Crippen LogP contribution is -2.28. The van der Waals surface area contributed by atoms with Crippen LogP contribution in [0.3, 0.4) is 0 Å². The van der Waals surface area contributed by atoms with Crippen molar-refractivity contribution >= 4 is 28.7 Å². The maximum Gasteiger partial charge on any atom is 0.224 e. The third-order valence-electron chi connectivity index (χ3n) is 4.45. The molecule has 0 spiro atoms. The molecule has 7 nitrogen and oxygen atoms in total. The minimum atomic E-state index is -0.710. The van der Waals surface area contributed by atoms with E-state index in [0.29, 0.717) is 17.1 Å². The molecule has 0 saturated heterocycles. The van der Waals surface area contributed by atoms with Gasteiger partial charge in [0, 0.05) is 12.1 Å². The van der Waals surface area contributed by atoms with Crippen LogP contribution in [0.1, 0.15) is 25.7 Å². The number of rotatable bonds is 4. The van der Waals surface area contributed by atoms with Crippen molar-refractivity contribution in [2.45, 2.75) is 37.8 Å². The maximum absolute atomic E-state index is 13.7. The Morgan fingerprint density at radius 2 is 1.92 bits per heavy atom. The minimum absolute atomic E-state index is 0.109. The van der Waals surface area contributed by atoms with Crippen molar-refractivity contribution < 1.29 is 13.9 Å². The number of halogens is 2. The van der Waals surface area contributed by atoms with Crippen molar-refractivity contribution in [1.29, 1.82) is 0 Å². The molecule has 0 unspecified atom stereocenters. The summed E-state index contributed by atoms with van der Waals surface area (Å²) < 4.78 is 26.7. The van der Waals surface area contributed by atoms with Crippen LogP contribution in [0.5, 0.6) is 0 Å². The van der Waals surface area contributed by atoms with Gasteiger partial charge in [0.05, 0.1) is 18.0 Å². The second kappa shape index (κ2) is 6.83. The van der Waals surface area contributed by atoms with Gasteiger partial charge < -0.3 is 20.7 Å². The summed E-state index contributed by atoms with van der Waals surface area (Å²) >= 11 is 0. The van der Waals surface area contributed by atoms with E-state index in [2.05, 4.69) is 30.6 Å². The SMILES string of the molecule is O[C@H]1CC[C@H](Nc2ncc3nc(Nc4ccc(F)cc4F)[nH]c3n2)CC1. The summed E-state index contributed by atoms with van der Waals surface area (Å²) in [7, 11) is 0. The number of aromatic nitrogens is 4. The second-order valence-corrected chi connectivity index (χ2v) is 6.41. The molecule has 0 radical (unpaired) electrons. The Morgan fingerprint density at radius 1 is 1.12 bits per heavy atom. The molecule has 4 N–H and O–H groups in total. The predicted octanol–water partition coefficient (Wildman–Crippen LogP) is 3.09.